The molecule has 0 saturated heterocycles. The summed E-state index contributed by atoms with van der Waals surface area (Å²) in [7, 11) is 0. The number of nitrogens with one attached hydrogen (secondary N) is 2. The first-order valence-corrected chi connectivity index (χ1v) is 9.77. The van der Waals surface area contributed by atoms with Crippen molar-refractivity contribution < 1.29 is 27.2 Å². The molecular formula is C23H19F4N3O3. The Morgan fingerprint density at radius 2 is 1.64 bits per heavy atom. The molecule has 1 aromatic heterocycles. The number of hydrogen-bond donors (Lipinski definition) is 2. The molecule has 0 aliphatic carbocycles. The third kappa shape index (κ3) is 6.06. The molecule has 0 spiro atoms. The maximum Gasteiger partial charge on any atom is 0.421 e. The zero-order valence-corrected chi connectivity index (χ0v) is 17.3. The van der Waals surface area contributed by atoms with E-state index in [9.17, 15) is 31.9 Å². The first-order valence-electron chi connectivity index (χ1n) is 9.77. The van der Waals surface area contributed by atoms with Crippen LogP contribution in [0, 0.1) is 5.82 Å². The number of nitrogens with zero attached hydrogens (tertiary/aromatic N) is 1. The summed E-state index contributed by atoms with van der Waals surface area (Å²) in [5, 5.41) is 5.28. The number of hydrogen-bond acceptors (Lipinski definition) is 3. The number of halogens is 4. The van der Waals surface area contributed by atoms with Crippen molar-refractivity contribution >= 4 is 17.5 Å². The summed E-state index contributed by atoms with van der Waals surface area (Å²) in [5.41, 5.74) is -1.22. The molecule has 33 heavy (non-hydrogen) atoms. The Labute approximate surface area is 185 Å². The SMILES string of the molecule is C[C@H](NC(=O)Cn1cccc(C(F)(F)F)c1=O)c1ccc(NC(=O)c2ccc(F)cc2)cc1. The molecule has 172 valence electrons. The average Bonchev–Trinajstić information content (AvgIpc) is 2.75. The lowest BCUT2D eigenvalue weighted by atomic mass is 10.1. The Hall–Kier alpha value is -3.95. The van der Waals surface area contributed by atoms with E-state index in [0.717, 1.165) is 12.3 Å². The summed E-state index contributed by atoms with van der Waals surface area (Å²) in [6.45, 7) is 1.10. The van der Waals surface area contributed by atoms with Gasteiger partial charge in [-0.1, -0.05) is 12.1 Å². The highest BCUT2D eigenvalue weighted by atomic mass is 19.4. The summed E-state index contributed by atoms with van der Waals surface area (Å²) in [4.78, 5) is 36.4. The van der Waals surface area contributed by atoms with Gasteiger partial charge in [0.2, 0.25) is 5.91 Å². The van der Waals surface area contributed by atoms with E-state index >= 15 is 0 Å². The van der Waals surface area contributed by atoms with Crippen molar-refractivity contribution in [1.82, 2.24) is 9.88 Å². The molecule has 0 aliphatic heterocycles. The van der Waals surface area contributed by atoms with Gasteiger partial charge in [-0.15, -0.1) is 0 Å². The van der Waals surface area contributed by atoms with Crippen LogP contribution in [0.3, 0.4) is 0 Å². The Balaban J connectivity index is 1.61. The molecule has 10 heteroatoms. The van der Waals surface area contributed by atoms with Crippen LogP contribution in [-0.4, -0.2) is 16.4 Å². The van der Waals surface area contributed by atoms with E-state index < -0.39 is 47.5 Å². The molecule has 0 unspecified atom stereocenters. The maximum absolute atomic E-state index is 13.0. The topological polar surface area (TPSA) is 80.2 Å². The van der Waals surface area contributed by atoms with Crippen molar-refractivity contribution in [3.05, 3.63) is 99.7 Å². The highest BCUT2D eigenvalue weighted by Gasteiger charge is 2.34. The summed E-state index contributed by atoms with van der Waals surface area (Å²) in [6, 6.07) is 12.8. The van der Waals surface area contributed by atoms with Crippen molar-refractivity contribution in [3.63, 3.8) is 0 Å². The van der Waals surface area contributed by atoms with E-state index in [4.69, 9.17) is 0 Å². The maximum atomic E-state index is 13.0. The number of benzene rings is 2. The standard InChI is InChI=1S/C23H19F4N3O3/c1-14(28-20(31)13-30-12-2-3-19(22(30)33)23(25,26)27)15-6-10-18(11-7-15)29-21(32)16-4-8-17(24)9-5-16/h2-12,14H,13H2,1H3,(H,28,31)(H,29,32)/t14-/m0/s1. The summed E-state index contributed by atoms with van der Waals surface area (Å²) >= 11 is 0. The summed E-state index contributed by atoms with van der Waals surface area (Å²) in [5.74, 6) is -1.52. The highest BCUT2D eigenvalue weighted by molar-refractivity contribution is 6.04. The van der Waals surface area contributed by atoms with E-state index in [1.807, 2.05) is 0 Å². The van der Waals surface area contributed by atoms with E-state index in [-0.39, 0.29) is 5.56 Å². The van der Waals surface area contributed by atoms with Crippen LogP contribution in [-0.2, 0) is 17.5 Å². The highest BCUT2D eigenvalue weighted by Crippen LogP contribution is 2.26. The van der Waals surface area contributed by atoms with Gasteiger partial charge in [0.05, 0.1) is 6.04 Å². The molecule has 0 fully saturated rings. The molecule has 2 aromatic carbocycles. The van der Waals surface area contributed by atoms with Gasteiger partial charge in [0.15, 0.2) is 0 Å². The van der Waals surface area contributed by atoms with Crippen LogP contribution in [0.1, 0.15) is 34.5 Å². The molecule has 0 radical (unpaired) electrons. The number of aromatic nitrogens is 1. The normalized spacial score (nSPS) is 12.2. The number of rotatable bonds is 6. The van der Waals surface area contributed by atoms with Crippen LogP contribution in [0.5, 0.6) is 0 Å². The lowest BCUT2D eigenvalue weighted by Gasteiger charge is -2.16. The van der Waals surface area contributed by atoms with Crippen molar-refractivity contribution in [3.8, 4) is 0 Å². The van der Waals surface area contributed by atoms with Crippen LogP contribution in [0.15, 0.2) is 71.7 Å². The monoisotopic (exact) mass is 461 g/mol. The predicted molar refractivity (Wildman–Crippen MR) is 113 cm³/mol. The van der Waals surface area contributed by atoms with Gasteiger partial charge in [-0.3, -0.25) is 14.4 Å². The quantitative estimate of drug-likeness (QED) is 0.542. The van der Waals surface area contributed by atoms with Gasteiger partial charge in [-0.2, -0.15) is 13.2 Å². The molecule has 2 N–H and O–H groups in total. The number of amides is 2. The van der Waals surface area contributed by atoms with Crippen LogP contribution in [0.2, 0.25) is 0 Å². The Bertz CT molecular complexity index is 1200. The van der Waals surface area contributed by atoms with Crippen molar-refractivity contribution in [2.75, 3.05) is 5.32 Å². The fourth-order valence-electron chi connectivity index (χ4n) is 3.06. The average molecular weight is 461 g/mol. The minimum absolute atomic E-state index is 0.283. The van der Waals surface area contributed by atoms with Crippen LogP contribution >= 0.6 is 0 Å². The molecule has 0 bridgehead atoms. The van der Waals surface area contributed by atoms with E-state index in [0.29, 0.717) is 21.9 Å². The molecule has 1 heterocycles. The summed E-state index contributed by atoms with van der Waals surface area (Å²) < 4.78 is 52.3. The van der Waals surface area contributed by atoms with Gasteiger partial charge < -0.3 is 15.2 Å². The van der Waals surface area contributed by atoms with Crippen molar-refractivity contribution in [2.45, 2.75) is 25.7 Å². The smallest absolute Gasteiger partial charge is 0.348 e. The Morgan fingerprint density at radius 3 is 2.24 bits per heavy atom. The fourth-order valence-corrected chi connectivity index (χ4v) is 3.06. The Kier molecular flexibility index (Phi) is 6.95. The van der Waals surface area contributed by atoms with Gasteiger partial charge in [0.1, 0.15) is 17.9 Å². The van der Waals surface area contributed by atoms with Crippen molar-refractivity contribution in [1.29, 1.82) is 0 Å². The van der Waals surface area contributed by atoms with Gasteiger partial charge in [-0.05, 0) is 61.0 Å². The second-order valence-corrected chi connectivity index (χ2v) is 7.22. The van der Waals surface area contributed by atoms with Gasteiger partial charge in [0, 0.05) is 17.4 Å². The first kappa shape index (κ1) is 23.7. The minimum atomic E-state index is -4.81. The van der Waals surface area contributed by atoms with Crippen molar-refractivity contribution in [2.24, 2.45) is 0 Å². The van der Waals surface area contributed by atoms with E-state index in [2.05, 4.69) is 10.6 Å². The van der Waals surface area contributed by atoms with Gasteiger partial charge >= 0.3 is 6.18 Å². The second kappa shape index (κ2) is 9.68. The number of pyridine rings is 1. The molecule has 0 aliphatic rings. The largest absolute Gasteiger partial charge is 0.421 e. The molecule has 3 rings (SSSR count). The molecule has 6 nitrogen and oxygen atoms in total. The molecule has 2 amide bonds. The number of carbonyl (C=O) groups is 2. The van der Waals surface area contributed by atoms with E-state index in [1.165, 1.54) is 24.3 Å². The fraction of sp³-hybridized carbons (Fsp3) is 0.174. The Morgan fingerprint density at radius 1 is 1.00 bits per heavy atom. The van der Waals surface area contributed by atoms with Crippen LogP contribution in [0.25, 0.3) is 0 Å². The minimum Gasteiger partial charge on any atom is -0.348 e. The zero-order valence-electron chi connectivity index (χ0n) is 17.3. The number of alkyl halides is 3. The lowest BCUT2D eigenvalue weighted by Crippen LogP contribution is -2.35. The van der Waals surface area contributed by atoms with E-state index in [1.54, 1.807) is 31.2 Å². The zero-order chi connectivity index (χ0) is 24.2. The summed E-state index contributed by atoms with van der Waals surface area (Å²) in [6.07, 6.45) is -3.70. The number of carbonyl (C=O) groups excluding carboxylic acids is 2. The van der Waals surface area contributed by atoms with Gasteiger partial charge in [-0.25, -0.2) is 4.39 Å². The van der Waals surface area contributed by atoms with Crippen LogP contribution in [0.4, 0.5) is 23.2 Å². The first-order chi connectivity index (χ1) is 15.5. The van der Waals surface area contributed by atoms with Crippen LogP contribution < -0.4 is 16.2 Å². The molecule has 1 atom stereocenters. The third-order valence-electron chi connectivity index (χ3n) is 4.79. The number of anilines is 1. The molecule has 0 saturated carbocycles. The third-order valence-corrected chi connectivity index (χ3v) is 4.79. The predicted octanol–water partition coefficient (Wildman–Crippen LogP) is 4.14. The second-order valence-electron chi connectivity index (χ2n) is 7.22. The molecule has 3 aromatic rings. The van der Waals surface area contributed by atoms with Gasteiger partial charge in [0.25, 0.3) is 11.5 Å². The molecular weight excluding hydrogens is 442 g/mol. The lowest BCUT2D eigenvalue weighted by molar-refractivity contribution is -0.139.